The summed E-state index contributed by atoms with van der Waals surface area (Å²) in [6.45, 7) is -0.00902. The molecule has 3 nitrogen and oxygen atoms in total. The predicted molar refractivity (Wildman–Crippen MR) is 74.4 cm³/mol. The van der Waals surface area contributed by atoms with Gasteiger partial charge in [-0.25, -0.2) is 0 Å². The summed E-state index contributed by atoms with van der Waals surface area (Å²) in [6.07, 6.45) is 1.52. The number of hydrogen-bond donors (Lipinski definition) is 3. The van der Waals surface area contributed by atoms with Gasteiger partial charge in [0.25, 0.3) is 15.8 Å². The van der Waals surface area contributed by atoms with Gasteiger partial charge in [-0.15, -0.1) is 0 Å². The Morgan fingerprint density at radius 1 is 1.12 bits per heavy atom. The monoisotopic (exact) mass is 315 g/mol. The Kier molecular flexibility index (Phi) is 5.41. The third-order valence-corrected chi connectivity index (χ3v) is 5.43. The van der Waals surface area contributed by atoms with Crippen molar-refractivity contribution in [2.75, 3.05) is 0 Å². The first-order chi connectivity index (χ1) is 7.80. The molecule has 0 unspecified atom stereocenters. The maximum absolute atomic E-state index is 9.06. The van der Waals surface area contributed by atoms with Crippen molar-refractivity contribution in [1.82, 2.24) is 0 Å². The third-order valence-electron chi connectivity index (χ3n) is 2.32. The molecule has 0 aromatic heterocycles. The summed E-state index contributed by atoms with van der Waals surface area (Å²) in [4.78, 5) is 27.6. The second-order valence-electron chi connectivity index (χ2n) is 3.45. The molecule has 0 aliphatic carbocycles. The van der Waals surface area contributed by atoms with E-state index < -0.39 is 6.72 Å². The maximum Gasteiger partial charge on any atom is 0.521 e. The zero-order valence-electron chi connectivity index (χ0n) is 9.44. The van der Waals surface area contributed by atoms with Gasteiger partial charge in [0.1, 0.15) is 5.02 Å². The van der Waals surface area contributed by atoms with Crippen LogP contribution in [0.3, 0.4) is 0 Å². The van der Waals surface area contributed by atoms with Crippen LogP contribution in [0.5, 0.6) is 0 Å². The average molecular weight is 316 g/mol. The Balaban J connectivity index is 3.51. The van der Waals surface area contributed by atoms with Crippen molar-refractivity contribution in [2.24, 2.45) is 0 Å². The van der Waals surface area contributed by atoms with E-state index in [0.717, 1.165) is 24.0 Å². The molecular formula is C10H14Cl2O3PS+. The summed E-state index contributed by atoms with van der Waals surface area (Å²) in [5.74, 6) is 0. The summed E-state index contributed by atoms with van der Waals surface area (Å²) in [6, 6.07) is 1.75. The number of aryl methyl sites for hydroxylation is 1. The van der Waals surface area contributed by atoms with E-state index in [1.807, 2.05) is 13.8 Å². The molecule has 0 saturated carbocycles. The van der Waals surface area contributed by atoms with Crippen molar-refractivity contribution in [2.45, 2.75) is 31.6 Å². The molecule has 0 radical (unpaired) electrons. The highest BCUT2D eigenvalue weighted by molar-refractivity contribution is 8.16. The predicted octanol–water partition coefficient (Wildman–Crippen LogP) is 3.21. The van der Waals surface area contributed by atoms with Crippen LogP contribution in [0.15, 0.2) is 11.0 Å². The van der Waals surface area contributed by atoms with Gasteiger partial charge in [0.15, 0.2) is 0 Å². The van der Waals surface area contributed by atoms with Crippen molar-refractivity contribution < 1.29 is 14.7 Å². The van der Waals surface area contributed by atoms with E-state index in [-0.39, 0.29) is 5.02 Å². The lowest BCUT2D eigenvalue weighted by Crippen LogP contribution is -1.96. The fourth-order valence-corrected chi connectivity index (χ4v) is 4.31. The first-order valence-corrected chi connectivity index (χ1v) is 8.89. The fourth-order valence-electron chi connectivity index (χ4n) is 1.59. The third kappa shape index (κ3) is 3.90. The van der Waals surface area contributed by atoms with Crippen LogP contribution >= 0.6 is 29.9 Å². The standard InChI is InChI=1S/C10H14Cl2O3PS/c1-3-6-5-8(17-16(13,14)15)10(12)9(11)7(6)4-2/h5,13-15H,3-4H2,1-2H3/q+1. The molecular weight excluding hydrogens is 302 g/mol. The highest BCUT2D eigenvalue weighted by atomic mass is 35.5. The summed E-state index contributed by atoms with van der Waals surface area (Å²) in [5, 5.41) is 0.678. The van der Waals surface area contributed by atoms with Gasteiger partial charge >= 0.3 is 6.72 Å². The van der Waals surface area contributed by atoms with Gasteiger partial charge in [-0.3, -0.25) is 14.7 Å². The van der Waals surface area contributed by atoms with Crippen LogP contribution in [0, 0.1) is 0 Å². The van der Waals surface area contributed by atoms with Gasteiger partial charge in [-0.05, 0) is 24.0 Å². The Labute approximate surface area is 114 Å². The molecule has 0 fully saturated rings. The summed E-state index contributed by atoms with van der Waals surface area (Å²) >= 11 is 12.2. The second kappa shape index (κ2) is 5.98. The lowest BCUT2D eigenvalue weighted by Gasteiger charge is -2.08. The van der Waals surface area contributed by atoms with E-state index >= 15 is 0 Å². The molecule has 0 spiro atoms. The molecule has 0 amide bonds. The minimum atomic E-state index is -3.96. The highest BCUT2D eigenvalue weighted by Crippen LogP contribution is 2.39. The van der Waals surface area contributed by atoms with E-state index in [1.165, 1.54) is 0 Å². The number of benzene rings is 1. The molecule has 7 heteroatoms. The van der Waals surface area contributed by atoms with Gasteiger partial charge in [0.2, 0.25) is 0 Å². The van der Waals surface area contributed by atoms with E-state index in [0.29, 0.717) is 20.9 Å². The Morgan fingerprint density at radius 2 is 1.71 bits per heavy atom. The van der Waals surface area contributed by atoms with Gasteiger partial charge in [0, 0.05) is 6.07 Å². The van der Waals surface area contributed by atoms with Crippen LogP contribution in [-0.2, 0) is 23.8 Å². The number of rotatable bonds is 3. The van der Waals surface area contributed by atoms with Crippen LogP contribution in [0.2, 0.25) is 10.0 Å². The quantitative estimate of drug-likeness (QED) is 0.593. The first kappa shape index (κ1) is 15.4. The first-order valence-electron chi connectivity index (χ1n) is 5.06. The molecule has 0 aliphatic rings. The number of halogens is 2. The molecule has 0 bridgehead atoms. The smallest absolute Gasteiger partial charge is 0.289 e. The van der Waals surface area contributed by atoms with Gasteiger partial charge in [0.05, 0.1) is 5.02 Å². The van der Waals surface area contributed by atoms with Crippen molar-refractivity contribution >= 4 is 40.9 Å². The van der Waals surface area contributed by atoms with Crippen molar-refractivity contribution in [1.29, 1.82) is 0 Å². The van der Waals surface area contributed by atoms with Crippen molar-refractivity contribution in [3.63, 3.8) is 0 Å². The average Bonchev–Trinajstić information content (AvgIpc) is 2.22. The zero-order valence-corrected chi connectivity index (χ0v) is 12.7. The highest BCUT2D eigenvalue weighted by Gasteiger charge is 2.26. The molecule has 1 rings (SSSR count). The van der Waals surface area contributed by atoms with E-state index in [2.05, 4.69) is 0 Å². The Hall–Kier alpha value is 0.330. The van der Waals surface area contributed by atoms with E-state index in [1.54, 1.807) is 6.07 Å². The molecule has 3 N–H and O–H groups in total. The lowest BCUT2D eigenvalue weighted by molar-refractivity contribution is 0.363. The van der Waals surface area contributed by atoms with E-state index in [4.69, 9.17) is 37.9 Å². The summed E-state index contributed by atoms with van der Waals surface area (Å²) < 4.78 is 0. The molecule has 0 aliphatic heterocycles. The molecule has 0 heterocycles. The molecule has 0 saturated heterocycles. The van der Waals surface area contributed by atoms with E-state index in [9.17, 15) is 0 Å². The summed E-state index contributed by atoms with van der Waals surface area (Å²) in [7, 11) is 0.552. The molecule has 1 aromatic rings. The SMILES string of the molecule is CCc1cc([S+]=P(O)(O)O)c(Cl)c(Cl)c1CC. The molecule has 0 atom stereocenters. The van der Waals surface area contributed by atoms with Gasteiger partial charge in [-0.2, -0.15) is 0 Å². The van der Waals surface area contributed by atoms with Crippen molar-refractivity contribution in [3.8, 4) is 0 Å². The summed E-state index contributed by atoms with van der Waals surface area (Å²) in [5.41, 5.74) is 1.96. The zero-order chi connectivity index (χ0) is 13.2. The normalized spacial score (nSPS) is 11.7. The lowest BCUT2D eigenvalue weighted by atomic mass is 10.0. The molecule has 1 aromatic carbocycles. The largest absolute Gasteiger partial charge is 0.521 e. The van der Waals surface area contributed by atoms with Crippen molar-refractivity contribution in [3.05, 3.63) is 27.2 Å². The van der Waals surface area contributed by atoms with Crippen LogP contribution in [0.1, 0.15) is 25.0 Å². The maximum atomic E-state index is 9.06. The Morgan fingerprint density at radius 3 is 2.12 bits per heavy atom. The van der Waals surface area contributed by atoms with Gasteiger partial charge < -0.3 is 0 Å². The van der Waals surface area contributed by atoms with Crippen LogP contribution < -0.4 is 0 Å². The topological polar surface area (TPSA) is 60.7 Å². The molecule has 96 valence electrons. The second-order valence-corrected chi connectivity index (χ2v) is 7.87. The van der Waals surface area contributed by atoms with Crippen LogP contribution in [0.25, 0.3) is 0 Å². The number of hydrogen-bond acceptors (Lipinski definition) is 0. The minimum absolute atomic E-state index is 0.257. The Bertz CT molecular complexity index is 477. The van der Waals surface area contributed by atoms with Crippen LogP contribution in [0.4, 0.5) is 0 Å². The fraction of sp³-hybridized carbons (Fsp3) is 0.400. The van der Waals surface area contributed by atoms with Crippen LogP contribution in [-0.4, -0.2) is 14.7 Å². The minimum Gasteiger partial charge on any atom is -0.289 e. The molecule has 17 heavy (non-hydrogen) atoms. The van der Waals surface area contributed by atoms with Gasteiger partial charge in [-0.1, -0.05) is 37.0 Å².